The number of thiophene rings is 1. The smallest absolute Gasteiger partial charge is 0.228 e. The molecule has 0 aliphatic carbocycles. The Morgan fingerprint density at radius 1 is 1.10 bits per heavy atom. The Morgan fingerprint density at radius 3 is 2.58 bits per heavy atom. The molecule has 0 bridgehead atoms. The maximum atomic E-state index is 13.2. The minimum absolute atomic E-state index is 0.0365. The fourth-order valence-corrected chi connectivity index (χ4v) is 5.15. The number of hydrogen-bond acceptors (Lipinski definition) is 3. The van der Waals surface area contributed by atoms with Gasteiger partial charge < -0.3 is 10.2 Å². The predicted molar refractivity (Wildman–Crippen MR) is 121 cm³/mol. The van der Waals surface area contributed by atoms with Crippen LogP contribution >= 0.6 is 11.3 Å². The number of halogens is 1. The SMILES string of the molecule is CNC(=O)[C@]1(Cc2ccccc2-c2cccs2)CCN(C(=O)Cc2ccc(F)cc2)C1. The van der Waals surface area contributed by atoms with Crippen LogP contribution in [0.4, 0.5) is 4.39 Å². The third kappa shape index (κ3) is 4.54. The minimum atomic E-state index is -0.666. The van der Waals surface area contributed by atoms with E-state index in [4.69, 9.17) is 0 Å². The quantitative estimate of drug-likeness (QED) is 0.626. The summed E-state index contributed by atoms with van der Waals surface area (Å²) in [7, 11) is 1.65. The van der Waals surface area contributed by atoms with Gasteiger partial charge in [0.15, 0.2) is 0 Å². The van der Waals surface area contributed by atoms with Crippen LogP contribution in [0.2, 0.25) is 0 Å². The molecule has 1 fully saturated rings. The summed E-state index contributed by atoms with van der Waals surface area (Å²) < 4.78 is 13.2. The van der Waals surface area contributed by atoms with Crippen molar-refractivity contribution in [2.45, 2.75) is 19.3 Å². The van der Waals surface area contributed by atoms with Crippen molar-refractivity contribution in [3.8, 4) is 10.4 Å². The average Bonchev–Trinajstić information content (AvgIpc) is 3.46. The van der Waals surface area contributed by atoms with Gasteiger partial charge in [-0.25, -0.2) is 4.39 Å². The highest BCUT2D eigenvalue weighted by molar-refractivity contribution is 7.13. The first-order valence-corrected chi connectivity index (χ1v) is 11.2. The monoisotopic (exact) mass is 436 g/mol. The highest BCUT2D eigenvalue weighted by atomic mass is 32.1. The summed E-state index contributed by atoms with van der Waals surface area (Å²) in [5, 5.41) is 4.87. The van der Waals surface area contributed by atoms with Gasteiger partial charge >= 0.3 is 0 Å². The van der Waals surface area contributed by atoms with E-state index in [1.165, 1.54) is 17.0 Å². The Kier molecular flexibility index (Phi) is 6.18. The van der Waals surface area contributed by atoms with E-state index < -0.39 is 5.41 Å². The summed E-state index contributed by atoms with van der Waals surface area (Å²) in [5.41, 5.74) is 2.35. The third-order valence-corrected chi connectivity index (χ3v) is 6.92. The van der Waals surface area contributed by atoms with Crippen LogP contribution in [0.15, 0.2) is 66.0 Å². The lowest BCUT2D eigenvalue weighted by Crippen LogP contribution is -2.44. The largest absolute Gasteiger partial charge is 0.359 e. The first-order chi connectivity index (χ1) is 15.0. The van der Waals surface area contributed by atoms with E-state index in [1.807, 2.05) is 23.6 Å². The van der Waals surface area contributed by atoms with Gasteiger partial charge in [-0.15, -0.1) is 11.3 Å². The van der Waals surface area contributed by atoms with Crippen molar-refractivity contribution >= 4 is 23.2 Å². The molecule has 1 aromatic heterocycles. The van der Waals surface area contributed by atoms with Crippen LogP contribution in [-0.4, -0.2) is 36.9 Å². The van der Waals surface area contributed by atoms with Gasteiger partial charge in [-0.2, -0.15) is 0 Å². The molecule has 0 radical (unpaired) electrons. The van der Waals surface area contributed by atoms with Crippen LogP contribution in [0.5, 0.6) is 0 Å². The number of carbonyl (C=O) groups is 2. The van der Waals surface area contributed by atoms with Gasteiger partial charge in [0.25, 0.3) is 0 Å². The first kappa shape index (κ1) is 21.2. The van der Waals surface area contributed by atoms with Crippen LogP contribution < -0.4 is 5.32 Å². The Balaban J connectivity index is 1.55. The van der Waals surface area contributed by atoms with Gasteiger partial charge in [0.2, 0.25) is 11.8 Å². The molecular weight excluding hydrogens is 411 g/mol. The average molecular weight is 437 g/mol. The molecule has 160 valence electrons. The van der Waals surface area contributed by atoms with Gasteiger partial charge in [-0.1, -0.05) is 42.5 Å². The van der Waals surface area contributed by atoms with E-state index in [0.29, 0.717) is 25.9 Å². The molecule has 1 atom stereocenters. The predicted octanol–water partition coefficient (Wildman–Crippen LogP) is 4.30. The lowest BCUT2D eigenvalue weighted by Gasteiger charge is -2.28. The summed E-state index contributed by atoms with van der Waals surface area (Å²) in [6, 6.07) is 18.3. The van der Waals surface area contributed by atoms with E-state index in [2.05, 4.69) is 23.5 Å². The maximum Gasteiger partial charge on any atom is 0.228 e. The van der Waals surface area contributed by atoms with Crippen molar-refractivity contribution in [2.75, 3.05) is 20.1 Å². The van der Waals surface area contributed by atoms with Crippen molar-refractivity contribution in [3.63, 3.8) is 0 Å². The molecule has 1 saturated heterocycles. The highest BCUT2D eigenvalue weighted by Crippen LogP contribution is 2.38. The van der Waals surface area contributed by atoms with Crippen LogP contribution in [0.3, 0.4) is 0 Å². The van der Waals surface area contributed by atoms with Gasteiger partial charge in [-0.05, 0) is 53.1 Å². The summed E-state index contributed by atoms with van der Waals surface area (Å²) in [5.74, 6) is -0.394. The molecule has 3 aromatic rings. The number of benzene rings is 2. The van der Waals surface area contributed by atoms with Gasteiger partial charge in [-0.3, -0.25) is 9.59 Å². The molecule has 0 saturated carbocycles. The zero-order valence-corrected chi connectivity index (χ0v) is 18.3. The molecule has 0 spiro atoms. The summed E-state index contributed by atoms with van der Waals surface area (Å²) in [6.45, 7) is 0.917. The lowest BCUT2D eigenvalue weighted by molar-refractivity contribution is -0.132. The second kappa shape index (κ2) is 9.02. The maximum absolute atomic E-state index is 13.2. The molecule has 6 heteroatoms. The van der Waals surface area contributed by atoms with Gasteiger partial charge in [0, 0.05) is 25.0 Å². The first-order valence-electron chi connectivity index (χ1n) is 10.4. The second-order valence-electron chi connectivity index (χ2n) is 8.04. The number of amides is 2. The van der Waals surface area contributed by atoms with Crippen LogP contribution in [0.25, 0.3) is 10.4 Å². The van der Waals surface area contributed by atoms with Crippen LogP contribution in [0.1, 0.15) is 17.5 Å². The molecule has 4 rings (SSSR count). The van der Waals surface area contributed by atoms with E-state index in [0.717, 1.165) is 16.7 Å². The van der Waals surface area contributed by atoms with Crippen molar-refractivity contribution in [1.29, 1.82) is 0 Å². The third-order valence-electron chi connectivity index (χ3n) is 6.02. The molecule has 2 amide bonds. The molecule has 2 heterocycles. The molecule has 1 aliphatic rings. The molecule has 4 nitrogen and oxygen atoms in total. The van der Waals surface area contributed by atoms with Crippen LogP contribution in [-0.2, 0) is 22.4 Å². The Bertz CT molecular complexity index is 1070. The number of nitrogens with zero attached hydrogens (tertiary/aromatic N) is 1. The fourth-order valence-electron chi connectivity index (χ4n) is 4.36. The summed E-state index contributed by atoms with van der Waals surface area (Å²) in [6.07, 6.45) is 1.39. The van der Waals surface area contributed by atoms with E-state index in [9.17, 15) is 14.0 Å². The van der Waals surface area contributed by atoms with Crippen molar-refractivity contribution < 1.29 is 14.0 Å². The molecule has 1 N–H and O–H groups in total. The normalized spacial score (nSPS) is 18.2. The topological polar surface area (TPSA) is 49.4 Å². The van der Waals surface area contributed by atoms with Crippen molar-refractivity contribution in [1.82, 2.24) is 10.2 Å². The molecule has 0 unspecified atom stereocenters. The van der Waals surface area contributed by atoms with E-state index in [1.54, 1.807) is 35.4 Å². The lowest BCUT2D eigenvalue weighted by atomic mass is 9.78. The zero-order chi connectivity index (χ0) is 21.8. The van der Waals surface area contributed by atoms with E-state index in [-0.39, 0.29) is 24.1 Å². The number of likely N-dealkylation sites (tertiary alicyclic amines) is 1. The Labute approximate surface area is 185 Å². The number of hydrogen-bond donors (Lipinski definition) is 1. The highest BCUT2D eigenvalue weighted by Gasteiger charge is 2.45. The van der Waals surface area contributed by atoms with Crippen LogP contribution in [0, 0.1) is 11.2 Å². The van der Waals surface area contributed by atoms with E-state index >= 15 is 0 Å². The summed E-state index contributed by atoms with van der Waals surface area (Å²) in [4.78, 5) is 28.9. The fraction of sp³-hybridized carbons (Fsp3) is 0.280. The van der Waals surface area contributed by atoms with Crippen molar-refractivity contribution in [3.05, 3.63) is 83.0 Å². The number of carbonyl (C=O) groups excluding carboxylic acids is 2. The molecular formula is C25H25FN2O2S. The zero-order valence-electron chi connectivity index (χ0n) is 17.4. The van der Waals surface area contributed by atoms with Gasteiger partial charge in [0.1, 0.15) is 5.82 Å². The molecule has 31 heavy (non-hydrogen) atoms. The second-order valence-corrected chi connectivity index (χ2v) is 8.99. The Hall–Kier alpha value is -2.99. The number of rotatable bonds is 6. The van der Waals surface area contributed by atoms with Crippen molar-refractivity contribution in [2.24, 2.45) is 5.41 Å². The number of nitrogens with one attached hydrogen (secondary N) is 1. The standard InChI is InChI=1S/C25H25FN2O2S/c1-27-24(30)25(16-19-5-2-3-6-21(19)22-7-4-14-31-22)12-13-28(17-25)23(29)15-18-8-10-20(26)11-9-18/h2-11,14H,12-13,15-17H2,1H3,(H,27,30)/t25-/m0/s1. The minimum Gasteiger partial charge on any atom is -0.359 e. The molecule has 2 aromatic carbocycles. The van der Waals surface area contributed by atoms with Gasteiger partial charge in [0.05, 0.1) is 11.8 Å². The molecule has 1 aliphatic heterocycles. The Morgan fingerprint density at radius 2 is 1.87 bits per heavy atom. The summed E-state index contributed by atoms with van der Waals surface area (Å²) >= 11 is 1.68.